The highest BCUT2D eigenvalue weighted by molar-refractivity contribution is 8.00. The highest BCUT2D eigenvalue weighted by Gasteiger charge is 2.17. The van der Waals surface area contributed by atoms with Crippen LogP contribution in [0.4, 0.5) is 10.8 Å². The van der Waals surface area contributed by atoms with Gasteiger partial charge in [0.15, 0.2) is 5.13 Å². The number of rotatable bonds is 9. The Bertz CT molecular complexity index is 1390. The third-order valence-electron chi connectivity index (χ3n) is 5.08. The van der Waals surface area contributed by atoms with Crippen molar-refractivity contribution in [3.8, 4) is 0 Å². The summed E-state index contributed by atoms with van der Waals surface area (Å²) in [7, 11) is 0. The molecule has 37 heavy (non-hydrogen) atoms. The van der Waals surface area contributed by atoms with Crippen molar-refractivity contribution in [2.24, 2.45) is 0 Å². The van der Waals surface area contributed by atoms with Gasteiger partial charge in [0, 0.05) is 27.7 Å². The topological polar surface area (TPSA) is 100 Å². The van der Waals surface area contributed by atoms with Gasteiger partial charge in [-0.3, -0.25) is 14.4 Å². The SMILES string of the molecule is CC(Sc1cccc(NC(=O)/C(=C/c2ccccc2)NC(=O)c2ccccc2)c1)C(=O)Nc1nccs1. The van der Waals surface area contributed by atoms with Crippen molar-refractivity contribution in [2.45, 2.75) is 17.1 Å². The van der Waals surface area contributed by atoms with Crippen molar-refractivity contribution < 1.29 is 14.4 Å². The number of thioether (sulfide) groups is 1. The molecule has 1 unspecified atom stereocenters. The molecule has 186 valence electrons. The molecule has 0 radical (unpaired) electrons. The van der Waals surface area contributed by atoms with Crippen LogP contribution in [0.2, 0.25) is 0 Å². The van der Waals surface area contributed by atoms with E-state index in [1.807, 2.05) is 42.5 Å². The Morgan fingerprint density at radius 2 is 1.65 bits per heavy atom. The first-order valence-corrected chi connectivity index (χ1v) is 13.2. The number of carbonyl (C=O) groups is 3. The van der Waals surface area contributed by atoms with Crippen LogP contribution in [-0.2, 0) is 9.59 Å². The molecule has 3 amide bonds. The Labute approximate surface area is 223 Å². The second-order valence-electron chi connectivity index (χ2n) is 7.86. The number of thiazole rings is 1. The molecule has 0 bridgehead atoms. The van der Waals surface area contributed by atoms with Gasteiger partial charge in [0.25, 0.3) is 11.8 Å². The van der Waals surface area contributed by atoms with E-state index in [9.17, 15) is 14.4 Å². The molecule has 9 heteroatoms. The highest BCUT2D eigenvalue weighted by atomic mass is 32.2. The summed E-state index contributed by atoms with van der Waals surface area (Å²) in [5.74, 6) is -1.02. The Hall–Kier alpha value is -4.21. The monoisotopic (exact) mass is 528 g/mol. The van der Waals surface area contributed by atoms with E-state index in [1.165, 1.54) is 23.1 Å². The van der Waals surface area contributed by atoms with E-state index in [-0.39, 0.29) is 22.8 Å². The summed E-state index contributed by atoms with van der Waals surface area (Å²) in [6, 6.07) is 25.2. The molecule has 0 aliphatic rings. The molecule has 7 nitrogen and oxygen atoms in total. The Morgan fingerprint density at radius 1 is 0.919 bits per heavy atom. The summed E-state index contributed by atoms with van der Waals surface area (Å²) in [4.78, 5) is 43.4. The summed E-state index contributed by atoms with van der Waals surface area (Å²) in [6.07, 6.45) is 3.26. The fourth-order valence-corrected chi connectivity index (χ4v) is 4.71. The average Bonchev–Trinajstić information content (AvgIpc) is 3.42. The molecule has 0 saturated carbocycles. The van der Waals surface area contributed by atoms with Crippen LogP contribution in [0.5, 0.6) is 0 Å². The van der Waals surface area contributed by atoms with Gasteiger partial charge in [-0.05, 0) is 48.9 Å². The van der Waals surface area contributed by atoms with E-state index in [1.54, 1.807) is 67.0 Å². The Morgan fingerprint density at radius 3 is 2.35 bits per heavy atom. The number of anilines is 2. The maximum absolute atomic E-state index is 13.2. The van der Waals surface area contributed by atoms with E-state index in [2.05, 4.69) is 20.9 Å². The minimum atomic E-state index is -0.468. The van der Waals surface area contributed by atoms with Crippen molar-refractivity contribution in [1.82, 2.24) is 10.3 Å². The molecular weight excluding hydrogens is 504 g/mol. The van der Waals surface area contributed by atoms with E-state index in [0.717, 1.165) is 10.5 Å². The van der Waals surface area contributed by atoms with Crippen LogP contribution in [0, 0.1) is 0 Å². The molecular formula is C28H24N4O3S2. The van der Waals surface area contributed by atoms with Gasteiger partial charge >= 0.3 is 0 Å². The zero-order valence-corrected chi connectivity index (χ0v) is 21.5. The van der Waals surface area contributed by atoms with Gasteiger partial charge in [0.05, 0.1) is 5.25 Å². The predicted molar refractivity (Wildman–Crippen MR) is 149 cm³/mol. The number of amides is 3. The molecule has 3 aromatic carbocycles. The quantitative estimate of drug-likeness (QED) is 0.192. The number of nitrogens with zero attached hydrogens (tertiary/aromatic N) is 1. The summed E-state index contributed by atoms with van der Waals surface area (Å²) < 4.78 is 0. The third kappa shape index (κ3) is 7.63. The molecule has 0 saturated heterocycles. The lowest BCUT2D eigenvalue weighted by Gasteiger charge is -2.13. The van der Waals surface area contributed by atoms with Gasteiger partial charge in [0.1, 0.15) is 5.70 Å². The third-order valence-corrected chi connectivity index (χ3v) is 6.86. The van der Waals surface area contributed by atoms with Crippen molar-refractivity contribution in [2.75, 3.05) is 10.6 Å². The number of benzene rings is 3. The lowest BCUT2D eigenvalue weighted by molar-refractivity contribution is -0.115. The molecule has 3 N–H and O–H groups in total. The van der Waals surface area contributed by atoms with Gasteiger partial charge in [-0.25, -0.2) is 4.98 Å². The first kappa shape index (κ1) is 25.9. The molecule has 4 aromatic rings. The van der Waals surface area contributed by atoms with E-state index < -0.39 is 5.91 Å². The summed E-state index contributed by atoms with van der Waals surface area (Å²) >= 11 is 2.72. The molecule has 0 aliphatic heterocycles. The van der Waals surface area contributed by atoms with Gasteiger partial charge in [0.2, 0.25) is 5.91 Å². The largest absolute Gasteiger partial charge is 0.321 e. The van der Waals surface area contributed by atoms with Crippen LogP contribution >= 0.6 is 23.1 Å². The maximum Gasteiger partial charge on any atom is 0.272 e. The van der Waals surface area contributed by atoms with Crippen molar-refractivity contribution in [3.05, 3.63) is 113 Å². The predicted octanol–water partition coefficient (Wildman–Crippen LogP) is 5.67. The lowest BCUT2D eigenvalue weighted by atomic mass is 10.1. The summed E-state index contributed by atoms with van der Waals surface area (Å²) in [5.41, 5.74) is 1.85. The Balaban J connectivity index is 1.47. The van der Waals surface area contributed by atoms with Crippen LogP contribution in [-0.4, -0.2) is 28.0 Å². The summed E-state index contributed by atoms with van der Waals surface area (Å²) in [6.45, 7) is 1.80. The molecule has 4 rings (SSSR count). The minimum absolute atomic E-state index is 0.106. The van der Waals surface area contributed by atoms with Crippen LogP contribution in [0.3, 0.4) is 0 Å². The normalized spacial score (nSPS) is 11.9. The molecule has 1 aromatic heterocycles. The fourth-order valence-electron chi connectivity index (χ4n) is 3.25. The van der Waals surface area contributed by atoms with E-state index in [0.29, 0.717) is 16.4 Å². The van der Waals surface area contributed by atoms with Gasteiger partial charge < -0.3 is 16.0 Å². The fraction of sp³-hybridized carbons (Fsp3) is 0.0714. The van der Waals surface area contributed by atoms with Gasteiger partial charge in [-0.15, -0.1) is 23.1 Å². The van der Waals surface area contributed by atoms with Gasteiger partial charge in [-0.1, -0.05) is 54.6 Å². The van der Waals surface area contributed by atoms with E-state index in [4.69, 9.17) is 0 Å². The van der Waals surface area contributed by atoms with E-state index >= 15 is 0 Å². The zero-order valence-electron chi connectivity index (χ0n) is 19.9. The van der Waals surface area contributed by atoms with Crippen molar-refractivity contribution in [1.29, 1.82) is 0 Å². The second kappa shape index (κ2) is 12.7. The minimum Gasteiger partial charge on any atom is -0.321 e. The van der Waals surface area contributed by atoms with Crippen molar-refractivity contribution in [3.63, 3.8) is 0 Å². The molecule has 0 spiro atoms. The zero-order chi connectivity index (χ0) is 26.0. The molecule has 0 aliphatic carbocycles. The number of hydrogen-bond acceptors (Lipinski definition) is 6. The van der Waals surface area contributed by atoms with Crippen LogP contribution < -0.4 is 16.0 Å². The number of carbonyl (C=O) groups excluding carboxylic acids is 3. The highest BCUT2D eigenvalue weighted by Crippen LogP contribution is 2.27. The summed E-state index contributed by atoms with van der Waals surface area (Å²) in [5, 5.41) is 10.3. The van der Waals surface area contributed by atoms with Crippen LogP contribution in [0.15, 0.2) is 107 Å². The molecule has 0 fully saturated rings. The molecule has 1 atom stereocenters. The molecule has 1 heterocycles. The maximum atomic E-state index is 13.2. The second-order valence-corrected chi connectivity index (χ2v) is 10.2. The smallest absolute Gasteiger partial charge is 0.272 e. The van der Waals surface area contributed by atoms with Crippen LogP contribution in [0.1, 0.15) is 22.8 Å². The lowest BCUT2D eigenvalue weighted by Crippen LogP contribution is -2.30. The van der Waals surface area contributed by atoms with Gasteiger partial charge in [-0.2, -0.15) is 0 Å². The number of aromatic nitrogens is 1. The first-order chi connectivity index (χ1) is 18.0. The number of hydrogen-bond donors (Lipinski definition) is 3. The van der Waals surface area contributed by atoms with Crippen molar-refractivity contribution >= 4 is 57.7 Å². The average molecular weight is 529 g/mol. The Kier molecular flexibility index (Phi) is 8.85. The first-order valence-electron chi connectivity index (χ1n) is 11.4. The van der Waals surface area contributed by atoms with Crippen LogP contribution in [0.25, 0.3) is 6.08 Å². The standard InChI is InChI=1S/C28H24N4O3S2/c1-19(25(33)32-28-29-15-16-36-28)37-23-14-8-13-22(18-23)30-27(35)24(17-20-9-4-2-5-10-20)31-26(34)21-11-6-3-7-12-21/h2-19H,1H3,(H,30,35)(H,31,34)(H,29,32,33)/b24-17-. The number of nitrogens with one attached hydrogen (secondary N) is 3.